The number of aliphatic hydroxyl groups excluding tert-OH is 1. The van der Waals surface area contributed by atoms with Crippen LogP contribution in [0.25, 0.3) is 10.4 Å². The fraction of sp³-hybridized carbons (Fsp3) is 0.476. The van der Waals surface area contributed by atoms with Gasteiger partial charge < -0.3 is 24.8 Å². The molecule has 1 fully saturated rings. The molecule has 0 saturated carbocycles. The van der Waals surface area contributed by atoms with E-state index >= 15 is 0 Å². The molecule has 1 aromatic carbocycles. The molecule has 3 rings (SSSR count). The molecular formula is C21H28N7O8P. The number of ether oxygens (including phenoxy) is 2. The molecule has 1 saturated heterocycles. The number of nitrogens with two attached hydrogens (primary N) is 1. The summed E-state index contributed by atoms with van der Waals surface area (Å²) in [5, 5.41) is 17.2. The summed E-state index contributed by atoms with van der Waals surface area (Å²) in [6.45, 7) is 3.98. The Morgan fingerprint density at radius 3 is 2.76 bits per heavy atom. The molecule has 1 unspecified atom stereocenters. The Labute approximate surface area is 211 Å². The molecule has 0 bridgehead atoms. The first-order valence-electron chi connectivity index (χ1n) is 11.2. The first kappa shape index (κ1) is 28.1. The van der Waals surface area contributed by atoms with Crippen molar-refractivity contribution in [2.45, 2.75) is 50.8 Å². The van der Waals surface area contributed by atoms with Gasteiger partial charge in [0, 0.05) is 11.1 Å². The predicted octanol–water partition coefficient (Wildman–Crippen LogP) is 1.90. The van der Waals surface area contributed by atoms with E-state index in [1.165, 1.54) is 38.2 Å². The van der Waals surface area contributed by atoms with Gasteiger partial charge in [0.2, 0.25) is 0 Å². The van der Waals surface area contributed by atoms with Crippen LogP contribution in [0.15, 0.2) is 52.5 Å². The van der Waals surface area contributed by atoms with Gasteiger partial charge in [-0.2, -0.15) is 10.1 Å². The largest absolute Gasteiger partial charge is 0.465 e. The minimum atomic E-state index is -4.26. The summed E-state index contributed by atoms with van der Waals surface area (Å²) < 4.78 is 36.5. The number of aliphatic hydroxyl groups is 1. The van der Waals surface area contributed by atoms with Crippen LogP contribution in [-0.4, -0.2) is 57.6 Å². The van der Waals surface area contributed by atoms with E-state index in [0.717, 1.165) is 4.57 Å². The Bertz CT molecular complexity index is 1250. The van der Waals surface area contributed by atoms with E-state index in [0.29, 0.717) is 0 Å². The highest BCUT2D eigenvalue weighted by Crippen LogP contribution is 2.47. The zero-order chi connectivity index (χ0) is 27.2. The lowest BCUT2D eigenvalue weighted by Gasteiger charge is -2.28. The van der Waals surface area contributed by atoms with Crippen molar-refractivity contribution in [2.75, 3.05) is 18.9 Å². The van der Waals surface area contributed by atoms with Gasteiger partial charge in [-0.15, -0.1) is 0 Å². The molecule has 2 aromatic rings. The number of anilines is 1. The lowest BCUT2D eigenvalue weighted by atomic mass is 9.93. The van der Waals surface area contributed by atoms with Gasteiger partial charge in [-0.25, -0.2) is 9.36 Å². The minimum Gasteiger partial charge on any atom is -0.465 e. The van der Waals surface area contributed by atoms with Crippen LogP contribution in [0.3, 0.4) is 0 Å². The minimum absolute atomic E-state index is 0.0361. The molecule has 15 nitrogen and oxygen atoms in total. The third-order valence-corrected chi connectivity index (χ3v) is 7.13. The van der Waals surface area contributed by atoms with Gasteiger partial charge in [-0.3, -0.25) is 13.9 Å². The second kappa shape index (κ2) is 11.7. The number of nitrogen functional groups attached to an aromatic ring is 1. The average molecular weight is 537 g/mol. The van der Waals surface area contributed by atoms with Crippen LogP contribution in [-0.2, 0) is 23.4 Å². The van der Waals surface area contributed by atoms with Crippen molar-refractivity contribution in [1.29, 1.82) is 0 Å². The van der Waals surface area contributed by atoms with Gasteiger partial charge in [-0.1, -0.05) is 23.3 Å². The number of esters is 1. The number of azide groups is 1. The standard InChI is InChI=1S/C21H28N7O8P/c1-4-33-18(30)13(2)25-37(32,36-14-8-6-5-7-9-14)34-12-15-17(29)21(3,26-27-23)19(35-15)28-11-10-16(22)24-20(28)31/h5-11,13,15,17,19,29H,4,12H2,1-3H3,(H,25,32)(H2,22,24,31)/t13-,15+,17+,19+,21+,37?/m0/s1. The van der Waals surface area contributed by atoms with Crippen LogP contribution in [0, 0.1) is 0 Å². The van der Waals surface area contributed by atoms with Crippen LogP contribution in [0.4, 0.5) is 5.82 Å². The van der Waals surface area contributed by atoms with Crippen LogP contribution in [0.1, 0.15) is 27.0 Å². The topological polar surface area (TPSA) is 213 Å². The summed E-state index contributed by atoms with van der Waals surface area (Å²) in [6, 6.07) is 8.33. The maximum Gasteiger partial charge on any atom is 0.459 e. The highest BCUT2D eigenvalue weighted by atomic mass is 31.2. The molecular weight excluding hydrogens is 509 g/mol. The molecule has 1 aromatic heterocycles. The van der Waals surface area contributed by atoms with Gasteiger partial charge in [0.1, 0.15) is 29.3 Å². The Morgan fingerprint density at radius 2 is 2.14 bits per heavy atom. The number of para-hydroxylation sites is 1. The Balaban J connectivity index is 1.86. The van der Waals surface area contributed by atoms with Crippen LogP contribution < -0.4 is 21.0 Å². The molecule has 16 heteroatoms. The fourth-order valence-electron chi connectivity index (χ4n) is 3.63. The van der Waals surface area contributed by atoms with Crippen LogP contribution in [0.5, 0.6) is 5.75 Å². The van der Waals surface area contributed by atoms with Crippen molar-refractivity contribution in [2.24, 2.45) is 5.11 Å². The molecule has 4 N–H and O–H groups in total. The molecule has 1 aliphatic rings. The summed E-state index contributed by atoms with van der Waals surface area (Å²) in [7, 11) is -4.26. The molecule has 1 aliphatic heterocycles. The SMILES string of the molecule is CCOC(=O)[C@H](C)NP(=O)(OC[C@H]1O[C@@H](n2ccc(N)nc2=O)[C@](C)(N=[N+]=[N-])[C@@H]1O)Oc1ccccc1. The quantitative estimate of drug-likeness (QED) is 0.124. The number of nitrogens with one attached hydrogen (secondary N) is 1. The molecule has 37 heavy (non-hydrogen) atoms. The number of carbonyl (C=O) groups is 1. The fourth-order valence-corrected chi connectivity index (χ4v) is 5.13. The van der Waals surface area contributed by atoms with Crippen LogP contribution in [0.2, 0.25) is 0 Å². The first-order chi connectivity index (χ1) is 17.5. The monoisotopic (exact) mass is 537 g/mol. The smallest absolute Gasteiger partial charge is 0.459 e. The van der Waals surface area contributed by atoms with E-state index in [1.807, 2.05) is 0 Å². The lowest BCUT2D eigenvalue weighted by Crippen LogP contribution is -2.45. The first-order valence-corrected chi connectivity index (χ1v) is 12.8. The zero-order valence-corrected chi connectivity index (χ0v) is 21.2. The van der Waals surface area contributed by atoms with E-state index in [2.05, 4.69) is 20.1 Å². The van der Waals surface area contributed by atoms with E-state index in [1.54, 1.807) is 25.1 Å². The predicted molar refractivity (Wildman–Crippen MR) is 130 cm³/mol. The third kappa shape index (κ3) is 6.46. The Hall–Kier alpha value is -3.45. The molecule has 200 valence electrons. The van der Waals surface area contributed by atoms with Crippen molar-refractivity contribution >= 4 is 19.5 Å². The molecule has 0 radical (unpaired) electrons. The van der Waals surface area contributed by atoms with E-state index < -0.39 is 56.0 Å². The average Bonchev–Trinajstić information content (AvgIpc) is 3.08. The maximum atomic E-state index is 13.6. The molecule has 0 amide bonds. The Morgan fingerprint density at radius 1 is 1.43 bits per heavy atom. The Kier molecular flexibility index (Phi) is 8.92. The van der Waals surface area contributed by atoms with Crippen molar-refractivity contribution in [3.05, 3.63) is 63.5 Å². The van der Waals surface area contributed by atoms with E-state index in [9.17, 15) is 19.3 Å². The van der Waals surface area contributed by atoms with Crippen LogP contribution >= 0.6 is 7.75 Å². The summed E-state index contributed by atoms with van der Waals surface area (Å²) in [5.74, 6) is -0.545. The number of rotatable bonds is 11. The zero-order valence-electron chi connectivity index (χ0n) is 20.3. The lowest BCUT2D eigenvalue weighted by molar-refractivity contribution is -0.144. The number of hydrogen-bond donors (Lipinski definition) is 3. The third-order valence-electron chi connectivity index (χ3n) is 5.49. The summed E-state index contributed by atoms with van der Waals surface area (Å²) in [4.78, 5) is 30.9. The highest BCUT2D eigenvalue weighted by Gasteiger charge is 2.55. The normalized spacial score (nSPS) is 25.5. The van der Waals surface area contributed by atoms with Crippen molar-refractivity contribution < 1.29 is 33.0 Å². The number of aromatic nitrogens is 2. The van der Waals surface area contributed by atoms with Gasteiger partial charge in [0.05, 0.1) is 19.3 Å². The molecule has 0 spiro atoms. The van der Waals surface area contributed by atoms with Gasteiger partial charge in [0.15, 0.2) is 6.23 Å². The van der Waals surface area contributed by atoms with Crippen molar-refractivity contribution in [3.8, 4) is 5.75 Å². The maximum absolute atomic E-state index is 13.6. The highest BCUT2D eigenvalue weighted by molar-refractivity contribution is 7.52. The van der Waals surface area contributed by atoms with E-state index in [-0.39, 0.29) is 18.2 Å². The molecule has 0 aliphatic carbocycles. The summed E-state index contributed by atoms with van der Waals surface area (Å²) in [5.41, 5.74) is 12.2. The second-order valence-corrected chi connectivity index (χ2v) is 9.92. The second-order valence-electron chi connectivity index (χ2n) is 8.23. The number of benzene rings is 1. The number of nitrogens with zero attached hydrogens (tertiary/aromatic N) is 5. The number of carbonyl (C=O) groups excluding carboxylic acids is 1. The van der Waals surface area contributed by atoms with Crippen molar-refractivity contribution in [1.82, 2.24) is 14.6 Å². The number of hydrogen-bond acceptors (Lipinski definition) is 11. The van der Waals surface area contributed by atoms with E-state index in [4.69, 9.17) is 29.8 Å². The van der Waals surface area contributed by atoms with Gasteiger partial charge >= 0.3 is 19.4 Å². The molecule has 6 atom stereocenters. The van der Waals surface area contributed by atoms with Gasteiger partial charge in [-0.05, 0) is 44.5 Å². The van der Waals surface area contributed by atoms with Crippen molar-refractivity contribution in [3.63, 3.8) is 0 Å². The summed E-state index contributed by atoms with van der Waals surface area (Å²) >= 11 is 0. The molecule has 2 heterocycles. The summed E-state index contributed by atoms with van der Waals surface area (Å²) in [6.07, 6.45) is -2.76. The van der Waals surface area contributed by atoms with Gasteiger partial charge in [0.25, 0.3) is 0 Å².